The third-order valence-corrected chi connectivity index (χ3v) is 4.53. The van der Waals surface area contributed by atoms with E-state index in [1.54, 1.807) is 42.2 Å². The number of benzene rings is 2. The van der Waals surface area contributed by atoms with E-state index in [1.165, 1.54) is 11.6 Å². The lowest BCUT2D eigenvalue weighted by molar-refractivity contribution is -0.155. The van der Waals surface area contributed by atoms with Gasteiger partial charge in [0, 0.05) is 19.2 Å². The zero-order chi connectivity index (χ0) is 19.2. The molecule has 0 aliphatic carbocycles. The predicted molar refractivity (Wildman–Crippen MR) is 101 cm³/mol. The standard InChI is InChI=1S/C22H20N2O3/c1-16(22(26)24-13-12-19-4-2-3-5-20(19)15-24)27-21(25)11-10-17-6-8-18(14-23)9-7-17/h2-11,16H,12-13,15H2,1H3/b11-10+/t16-/m0/s1. The Morgan fingerprint density at radius 1 is 1.15 bits per heavy atom. The summed E-state index contributed by atoms with van der Waals surface area (Å²) < 4.78 is 5.25. The first-order chi connectivity index (χ1) is 13.1. The Kier molecular flexibility index (Phi) is 5.68. The quantitative estimate of drug-likeness (QED) is 0.621. The van der Waals surface area contributed by atoms with Crippen molar-refractivity contribution in [1.29, 1.82) is 5.26 Å². The molecule has 5 nitrogen and oxygen atoms in total. The lowest BCUT2D eigenvalue weighted by Gasteiger charge is -2.30. The number of hydrogen-bond acceptors (Lipinski definition) is 4. The third kappa shape index (κ3) is 4.62. The maximum Gasteiger partial charge on any atom is 0.331 e. The van der Waals surface area contributed by atoms with Crippen LogP contribution in [-0.2, 0) is 27.3 Å². The van der Waals surface area contributed by atoms with Crippen LogP contribution < -0.4 is 0 Å². The number of rotatable bonds is 4. The fraction of sp³-hybridized carbons (Fsp3) is 0.227. The summed E-state index contributed by atoms with van der Waals surface area (Å²) in [6.45, 7) is 2.76. The van der Waals surface area contributed by atoms with Crippen LogP contribution in [0.2, 0.25) is 0 Å². The van der Waals surface area contributed by atoms with Crippen molar-refractivity contribution < 1.29 is 14.3 Å². The van der Waals surface area contributed by atoms with Crippen molar-refractivity contribution >= 4 is 18.0 Å². The fourth-order valence-corrected chi connectivity index (χ4v) is 3.04. The van der Waals surface area contributed by atoms with E-state index < -0.39 is 12.1 Å². The minimum Gasteiger partial charge on any atom is -0.449 e. The number of hydrogen-bond donors (Lipinski definition) is 0. The molecule has 0 N–H and O–H groups in total. The fourth-order valence-electron chi connectivity index (χ4n) is 3.04. The smallest absolute Gasteiger partial charge is 0.331 e. The van der Waals surface area contributed by atoms with E-state index in [1.807, 2.05) is 24.3 Å². The number of nitrogens with zero attached hydrogens (tertiary/aromatic N) is 2. The van der Waals surface area contributed by atoms with Gasteiger partial charge in [-0.1, -0.05) is 36.4 Å². The molecule has 0 spiro atoms. The maximum absolute atomic E-state index is 12.6. The summed E-state index contributed by atoms with van der Waals surface area (Å²) >= 11 is 0. The molecule has 0 fully saturated rings. The molecular weight excluding hydrogens is 340 g/mol. The molecule has 1 amide bonds. The molecule has 1 aliphatic heterocycles. The first-order valence-corrected chi connectivity index (χ1v) is 8.81. The van der Waals surface area contributed by atoms with Gasteiger partial charge < -0.3 is 9.64 Å². The van der Waals surface area contributed by atoms with Crippen molar-refractivity contribution in [2.24, 2.45) is 0 Å². The van der Waals surface area contributed by atoms with Gasteiger partial charge in [-0.25, -0.2) is 4.79 Å². The lowest BCUT2D eigenvalue weighted by atomic mass is 9.99. The van der Waals surface area contributed by atoms with Crippen molar-refractivity contribution in [3.05, 3.63) is 76.9 Å². The van der Waals surface area contributed by atoms with Gasteiger partial charge in [0.2, 0.25) is 0 Å². The van der Waals surface area contributed by atoms with Gasteiger partial charge in [-0.15, -0.1) is 0 Å². The van der Waals surface area contributed by atoms with Crippen LogP contribution in [0.5, 0.6) is 0 Å². The lowest BCUT2D eigenvalue weighted by Crippen LogP contribution is -2.42. The summed E-state index contributed by atoms with van der Waals surface area (Å²) in [4.78, 5) is 26.3. The topological polar surface area (TPSA) is 70.4 Å². The Bertz CT molecular complexity index is 910. The van der Waals surface area contributed by atoms with Crippen LogP contribution in [0.1, 0.15) is 29.2 Å². The zero-order valence-corrected chi connectivity index (χ0v) is 15.1. The van der Waals surface area contributed by atoms with E-state index in [4.69, 9.17) is 10.00 Å². The molecule has 1 aliphatic rings. The molecule has 136 valence electrons. The van der Waals surface area contributed by atoms with Crippen molar-refractivity contribution in [2.75, 3.05) is 6.54 Å². The number of amides is 1. The maximum atomic E-state index is 12.6. The number of esters is 1. The highest BCUT2D eigenvalue weighted by atomic mass is 16.5. The second kappa shape index (κ2) is 8.33. The molecule has 2 aromatic carbocycles. The monoisotopic (exact) mass is 360 g/mol. The van der Waals surface area contributed by atoms with Crippen molar-refractivity contribution in [3.63, 3.8) is 0 Å². The van der Waals surface area contributed by atoms with Crippen LogP contribution in [0.4, 0.5) is 0 Å². The molecule has 1 heterocycles. The number of carbonyl (C=O) groups is 2. The largest absolute Gasteiger partial charge is 0.449 e. The third-order valence-electron chi connectivity index (χ3n) is 4.53. The average molecular weight is 360 g/mol. The van der Waals surface area contributed by atoms with Crippen LogP contribution in [0.3, 0.4) is 0 Å². The van der Waals surface area contributed by atoms with Crippen LogP contribution >= 0.6 is 0 Å². The van der Waals surface area contributed by atoms with Gasteiger partial charge in [-0.05, 0) is 48.2 Å². The van der Waals surface area contributed by atoms with Gasteiger partial charge in [0.05, 0.1) is 11.6 Å². The highest BCUT2D eigenvalue weighted by molar-refractivity contribution is 5.90. The predicted octanol–water partition coefficient (Wildman–Crippen LogP) is 3.09. The Morgan fingerprint density at radius 2 is 1.85 bits per heavy atom. The van der Waals surface area contributed by atoms with E-state index in [2.05, 4.69) is 6.07 Å². The summed E-state index contributed by atoms with van der Waals surface area (Å²) in [6, 6.07) is 16.9. The molecule has 27 heavy (non-hydrogen) atoms. The van der Waals surface area contributed by atoms with Gasteiger partial charge >= 0.3 is 5.97 Å². The Balaban J connectivity index is 1.55. The van der Waals surface area contributed by atoms with Gasteiger partial charge in [-0.2, -0.15) is 5.26 Å². The first-order valence-electron chi connectivity index (χ1n) is 8.81. The number of nitriles is 1. The average Bonchev–Trinajstić information content (AvgIpc) is 2.71. The molecule has 0 bridgehead atoms. The van der Waals surface area contributed by atoms with Crippen LogP contribution in [0.15, 0.2) is 54.6 Å². The first kappa shape index (κ1) is 18.4. The van der Waals surface area contributed by atoms with E-state index in [-0.39, 0.29) is 5.91 Å². The highest BCUT2D eigenvalue weighted by Crippen LogP contribution is 2.19. The van der Waals surface area contributed by atoms with Crippen molar-refractivity contribution in [3.8, 4) is 6.07 Å². The second-order valence-corrected chi connectivity index (χ2v) is 6.42. The molecule has 0 radical (unpaired) electrons. The number of fused-ring (bicyclic) bond motifs is 1. The van der Waals surface area contributed by atoms with E-state index in [0.717, 1.165) is 17.5 Å². The zero-order valence-electron chi connectivity index (χ0n) is 15.1. The summed E-state index contributed by atoms with van der Waals surface area (Å²) in [5.74, 6) is -0.762. The number of carbonyl (C=O) groups excluding carboxylic acids is 2. The molecule has 5 heteroatoms. The molecular formula is C22H20N2O3. The van der Waals surface area contributed by atoms with Crippen LogP contribution in [-0.4, -0.2) is 29.4 Å². The molecule has 0 saturated carbocycles. The van der Waals surface area contributed by atoms with Crippen molar-refractivity contribution in [2.45, 2.75) is 26.0 Å². The Labute approximate surface area is 158 Å². The summed E-state index contributed by atoms with van der Waals surface area (Å²) in [5.41, 5.74) is 3.72. The summed E-state index contributed by atoms with van der Waals surface area (Å²) in [5, 5.41) is 8.78. The van der Waals surface area contributed by atoms with E-state index in [0.29, 0.717) is 18.7 Å². The molecule has 0 aromatic heterocycles. The van der Waals surface area contributed by atoms with Gasteiger partial charge in [0.15, 0.2) is 6.10 Å². The second-order valence-electron chi connectivity index (χ2n) is 6.42. The van der Waals surface area contributed by atoms with Crippen LogP contribution in [0.25, 0.3) is 6.08 Å². The van der Waals surface area contributed by atoms with Gasteiger partial charge in [0.25, 0.3) is 5.91 Å². The van der Waals surface area contributed by atoms with Crippen molar-refractivity contribution in [1.82, 2.24) is 4.90 Å². The molecule has 3 rings (SSSR count). The minimum atomic E-state index is -0.839. The molecule has 0 unspecified atom stereocenters. The van der Waals surface area contributed by atoms with E-state index in [9.17, 15) is 9.59 Å². The Morgan fingerprint density at radius 3 is 2.56 bits per heavy atom. The Hall–Kier alpha value is -3.39. The molecule has 2 aromatic rings. The number of ether oxygens (including phenoxy) is 1. The SMILES string of the molecule is C[C@H](OC(=O)/C=C/c1ccc(C#N)cc1)C(=O)N1CCc2ccccc2C1. The van der Waals surface area contributed by atoms with Gasteiger partial charge in [-0.3, -0.25) is 4.79 Å². The van der Waals surface area contributed by atoms with Crippen LogP contribution in [0, 0.1) is 11.3 Å². The molecule has 1 atom stereocenters. The normalized spacial score (nSPS) is 14.3. The summed E-state index contributed by atoms with van der Waals surface area (Å²) in [6.07, 6.45) is 2.85. The summed E-state index contributed by atoms with van der Waals surface area (Å²) in [7, 11) is 0. The van der Waals surface area contributed by atoms with E-state index >= 15 is 0 Å². The minimum absolute atomic E-state index is 0.190. The molecule has 0 saturated heterocycles. The highest BCUT2D eigenvalue weighted by Gasteiger charge is 2.26. The van der Waals surface area contributed by atoms with Gasteiger partial charge in [0.1, 0.15) is 0 Å².